The Morgan fingerprint density at radius 1 is 1.38 bits per heavy atom. The van der Waals surface area contributed by atoms with E-state index in [1.54, 1.807) is 6.08 Å². The van der Waals surface area contributed by atoms with Crippen LogP contribution in [0.4, 0.5) is 0 Å². The van der Waals surface area contributed by atoms with Crippen molar-refractivity contribution >= 4 is 12.0 Å². The fourth-order valence-corrected chi connectivity index (χ4v) is 1.60. The van der Waals surface area contributed by atoms with Gasteiger partial charge < -0.3 is 4.74 Å². The van der Waals surface area contributed by atoms with Crippen molar-refractivity contribution in [2.24, 2.45) is 4.99 Å². The van der Waals surface area contributed by atoms with E-state index in [0.717, 1.165) is 25.7 Å². The first-order chi connectivity index (χ1) is 6.22. The summed E-state index contributed by atoms with van der Waals surface area (Å²) in [5.74, 6) is -0.234. The van der Waals surface area contributed by atoms with Crippen LogP contribution in [0.2, 0.25) is 0 Å². The lowest BCUT2D eigenvalue weighted by atomic mass is 9.93. The van der Waals surface area contributed by atoms with Crippen molar-refractivity contribution in [2.75, 3.05) is 0 Å². The first-order valence-electron chi connectivity index (χ1n) is 4.46. The van der Waals surface area contributed by atoms with Crippen LogP contribution in [0.15, 0.2) is 4.99 Å². The first-order valence-corrected chi connectivity index (χ1v) is 4.46. The van der Waals surface area contributed by atoms with Gasteiger partial charge in [-0.25, -0.2) is 9.79 Å². The molecular weight excluding hydrogens is 170 g/mol. The fourth-order valence-electron chi connectivity index (χ4n) is 1.60. The number of rotatable bonds is 2. The van der Waals surface area contributed by atoms with Gasteiger partial charge >= 0.3 is 5.97 Å². The highest BCUT2D eigenvalue weighted by molar-refractivity contribution is 5.66. The molecule has 1 aliphatic rings. The van der Waals surface area contributed by atoms with Crippen LogP contribution in [0.1, 0.15) is 32.6 Å². The van der Waals surface area contributed by atoms with Gasteiger partial charge in [0.2, 0.25) is 6.08 Å². The minimum Gasteiger partial charge on any atom is -0.463 e. The highest BCUT2D eigenvalue weighted by atomic mass is 16.5. The molecule has 1 saturated carbocycles. The van der Waals surface area contributed by atoms with E-state index < -0.39 is 0 Å². The van der Waals surface area contributed by atoms with Crippen molar-refractivity contribution in [2.45, 2.75) is 44.8 Å². The summed E-state index contributed by atoms with van der Waals surface area (Å²) in [6, 6.07) is 0.0873. The second kappa shape index (κ2) is 4.77. The predicted molar refractivity (Wildman–Crippen MR) is 45.9 cm³/mol. The zero-order chi connectivity index (χ0) is 9.68. The molecule has 1 aliphatic carbocycles. The predicted octanol–water partition coefficient (Wildman–Crippen LogP) is 1.20. The Morgan fingerprint density at radius 3 is 2.46 bits per heavy atom. The molecule has 0 unspecified atom stereocenters. The Balaban J connectivity index is 2.30. The molecule has 0 N–H and O–H groups in total. The number of esters is 1. The van der Waals surface area contributed by atoms with E-state index in [9.17, 15) is 9.59 Å². The van der Waals surface area contributed by atoms with Crippen molar-refractivity contribution in [3.63, 3.8) is 0 Å². The van der Waals surface area contributed by atoms with Crippen LogP contribution in [-0.4, -0.2) is 24.2 Å². The van der Waals surface area contributed by atoms with E-state index in [2.05, 4.69) is 4.99 Å². The van der Waals surface area contributed by atoms with Gasteiger partial charge in [0.25, 0.3) is 0 Å². The highest BCUT2D eigenvalue weighted by Crippen LogP contribution is 2.23. The number of carbonyl (C=O) groups excluding carboxylic acids is 2. The van der Waals surface area contributed by atoms with Crippen molar-refractivity contribution in [3.8, 4) is 0 Å². The van der Waals surface area contributed by atoms with Gasteiger partial charge in [-0.2, -0.15) is 0 Å². The third kappa shape index (κ3) is 3.38. The van der Waals surface area contributed by atoms with Crippen LogP contribution in [0.25, 0.3) is 0 Å². The molecule has 1 rings (SSSR count). The van der Waals surface area contributed by atoms with E-state index in [1.165, 1.54) is 6.92 Å². The molecule has 0 aromatic heterocycles. The zero-order valence-corrected chi connectivity index (χ0v) is 7.66. The summed E-state index contributed by atoms with van der Waals surface area (Å²) >= 11 is 0. The van der Waals surface area contributed by atoms with Crippen LogP contribution in [0.5, 0.6) is 0 Å². The van der Waals surface area contributed by atoms with Crippen LogP contribution >= 0.6 is 0 Å². The van der Waals surface area contributed by atoms with Crippen LogP contribution in [0, 0.1) is 0 Å². The van der Waals surface area contributed by atoms with E-state index >= 15 is 0 Å². The smallest absolute Gasteiger partial charge is 0.302 e. The summed E-state index contributed by atoms with van der Waals surface area (Å²) in [5, 5.41) is 0. The Hall–Kier alpha value is -1.15. The maximum Gasteiger partial charge on any atom is 0.302 e. The topological polar surface area (TPSA) is 55.7 Å². The minimum absolute atomic E-state index is 0.0237. The Labute approximate surface area is 77.0 Å². The lowest BCUT2D eigenvalue weighted by Gasteiger charge is -2.24. The van der Waals surface area contributed by atoms with Gasteiger partial charge in [0.05, 0.1) is 6.04 Å². The third-order valence-corrected chi connectivity index (χ3v) is 2.21. The van der Waals surface area contributed by atoms with Crippen molar-refractivity contribution in [3.05, 3.63) is 0 Å². The highest BCUT2D eigenvalue weighted by Gasteiger charge is 2.22. The number of carbonyl (C=O) groups is 1. The third-order valence-electron chi connectivity index (χ3n) is 2.21. The average Bonchev–Trinajstić information content (AvgIpc) is 2.08. The Morgan fingerprint density at radius 2 is 2.00 bits per heavy atom. The number of isocyanates is 1. The molecule has 0 radical (unpaired) electrons. The standard InChI is InChI=1S/C9H13NO3/c1-7(12)13-9-4-2-8(3-5-9)10-6-11/h8-9H,2-5H2,1H3. The van der Waals surface area contributed by atoms with Gasteiger partial charge in [-0.15, -0.1) is 0 Å². The van der Waals surface area contributed by atoms with E-state index in [4.69, 9.17) is 4.74 Å². The van der Waals surface area contributed by atoms with Gasteiger partial charge in [-0.3, -0.25) is 4.79 Å². The molecule has 0 bridgehead atoms. The van der Waals surface area contributed by atoms with Gasteiger partial charge in [0.15, 0.2) is 0 Å². The summed E-state index contributed by atoms with van der Waals surface area (Å²) in [4.78, 5) is 24.2. The monoisotopic (exact) mass is 183 g/mol. The Kier molecular flexibility index (Phi) is 3.65. The molecular formula is C9H13NO3. The minimum atomic E-state index is -0.234. The molecule has 4 heteroatoms. The molecule has 0 aromatic rings. The molecule has 0 spiro atoms. The largest absolute Gasteiger partial charge is 0.463 e. The number of nitrogens with zero attached hydrogens (tertiary/aromatic N) is 1. The summed E-state index contributed by atoms with van der Waals surface area (Å²) < 4.78 is 5.04. The van der Waals surface area contributed by atoms with Crippen molar-refractivity contribution < 1.29 is 14.3 Å². The number of ether oxygens (including phenoxy) is 1. The van der Waals surface area contributed by atoms with Crippen LogP contribution in [-0.2, 0) is 14.3 Å². The first kappa shape index (κ1) is 9.93. The molecule has 0 atom stereocenters. The van der Waals surface area contributed by atoms with Gasteiger partial charge in [-0.05, 0) is 25.7 Å². The van der Waals surface area contributed by atoms with E-state index in [-0.39, 0.29) is 18.1 Å². The summed E-state index contributed by atoms with van der Waals surface area (Å²) in [6.45, 7) is 1.41. The molecule has 13 heavy (non-hydrogen) atoms. The SMILES string of the molecule is CC(=O)OC1CCC(N=C=O)CC1. The average molecular weight is 183 g/mol. The van der Waals surface area contributed by atoms with Crippen LogP contribution < -0.4 is 0 Å². The summed E-state index contributed by atoms with van der Waals surface area (Å²) in [7, 11) is 0. The van der Waals surface area contributed by atoms with Gasteiger partial charge in [-0.1, -0.05) is 0 Å². The lowest BCUT2D eigenvalue weighted by molar-refractivity contribution is -0.147. The molecule has 0 aromatic carbocycles. The maximum absolute atomic E-state index is 10.6. The van der Waals surface area contributed by atoms with Gasteiger partial charge in [0, 0.05) is 6.92 Å². The van der Waals surface area contributed by atoms with Gasteiger partial charge in [0.1, 0.15) is 6.10 Å². The fraction of sp³-hybridized carbons (Fsp3) is 0.778. The summed E-state index contributed by atoms with van der Waals surface area (Å²) in [5.41, 5.74) is 0. The second-order valence-electron chi connectivity index (χ2n) is 3.26. The molecule has 0 aliphatic heterocycles. The zero-order valence-electron chi connectivity index (χ0n) is 7.66. The molecule has 4 nitrogen and oxygen atoms in total. The molecule has 72 valence electrons. The number of hydrogen-bond donors (Lipinski definition) is 0. The van der Waals surface area contributed by atoms with E-state index in [1.807, 2.05) is 0 Å². The lowest BCUT2D eigenvalue weighted by Crippen LogP contribution is -2.25. The van der Waals surface area contributed by atoms with Crippen LogP contribution in [0.3, 0.4) is 0 Å². The van der Waals surface area contributed by atoms with E-state index in [0.29, 0.717) is 0 Å². The maximum atomic E-state index is 10.6. The Bertz CT molecular complexity index is 225. The van der Waals surface area contributed by atoms with Crippen molar-refractivity contribution in [1.29, 1.82) is 0 Å². The second-order valence-corrected chi connectivity index (χ2v) is 3.26. The summed E-state index contributed by atoms with van der Waals surface area (Å²) in [6.07, 6.45) is 4.81. The normalized spacial score (nSPS) is 27.5. The van der Waals surface area contributed by atoms with Crippen molar-refractivity contribution in [1.82, 2.24) is 0 Å². The molecule has 0 amide bonds. The number of aliphatic imine (C=N–C) groups is 1. The molecule has 0 saturated heterocycles. The molecule has 1 fully saturated rings. The number of hydrogen-bond acceptors (Lipinski definition) is 4. The quantitative estimate of drug-likeness (QED) is 0.367. The molecule has 0 heterocycles.